The van der Waals surface area contributed by atoms with Crippen LogP contribution in [0.25, 0.3) is 0 Å². The number of nitrogens with zero attached hydrogens (tertiary/aromatic N) is 1. The largest absolute Gasteiger partial charge is 0.340 e. The van der Waals surface area contributed by atoms with Crippen LogP contribution in [0.4, 0.5) is 0 Å². The Morgan fingerprint density at radius 1 is 1.27 bits per heavy atom. The van der Waals surface area contributed by atoms with Gasteiger partial charge in [0.25, 0.3) is 0 Å². The van der Waals surface area contributed by atoms with E-state index in [1.54, 1.807) is 0 Å². The molecule has 3 nitrogen and oxygen atoms in total. The minimum atomic E-state index is 0. The van der Waals surface area contributed by atoms with Gasteiger partial charge in [-0.25, -0.2) is 0 Å². The summed E-state index contributed by atoms with van der Waals surface area (Å²) in [4.78, 5) is 14.1. The number of hydrogen-bond acceptors (Lipinski definition) is 2. The van der Waals surface area contributed by atoms with Crippen LogP contribution in [0, 0.1) is 11.8 Å². The fourth-order valence-electron chi connectivity index (χ4n) is 2.57. The maximum absolute atomic E-state index is 12.0. The van der Waals surface area contributed by atoms with E-state index in [0.29, 0.717) is 11.8 Å². The van der Waals surface area contributed by atoms with Gasteiger partial charge >= 0.3 is 0 Å². The first kappa shape index (κ1) is 12.8. The highest BCUT2D eigenvalue weighted by Gasteiger charge is 2.30. The normalized spacial score (nSPS) is 31.1. The van der Waals surface area contributed by atoms with Crippen LogP contribution in [-0.2, 0) is 4.79 Å². The van der Waals surface area contributed by atoms with Crippen LogP contribution in [0.1, 0.15) is 26.2 Å². The third-order valence-electron chi connectivity index (χ3n) is 3.47. The smallest absolute Gasteiger partial charge is 0.225 e. The molecule has 1 aliphatic carbocycles. The number of halogens is 1. The molecule has 1 amide bonds. The summed E-state index contributed by atoms with van der Waals surface area (Å²) < 4.78 is 0. The third-order valence-corrected chi connectivity index (χ3v) is 3.47. The van der Waals surface area contributed by atoms with E-state index in [9.17, 15) is 4.79 Å². The molecule has 2 atom stereocenters. The fraction of sp³-hybridized carbons (Fsp3) is 0.909. The number of rotatable bonds is 1. The lowest BCUT2D eigenvalue weighted by atomic mass is 10.0. The summed E-state index contributed by atoms with van der Waals surface area (Å²) >= 11 is 0. The van der Waals surface area contributed by atoms with Crippen LogP contribution in [0.2, 0.25) is 0 Å². The molecule has 0 aromatic heterocycles. The molecule has 1 N–H and O–H groups in total. The molecule has 2 rings (SSSR count). The van der Waals surface area contributed by atoms with Crippen LogP contribution in [0.15, 0.2) is 0 Å². The summed E-state index contributed by atoms with van der Waals surface area (Å²) in [5.41, 5.74) is 0. The number of nitrogens with one attached hydrogen (secondary N) is 1. The highest BCUT2D eigenvalue weighted by Crippen LogP contribution is 2.31. The minimum absolute atomic E-state index is 0. The first-order valence-electron chi connectivity index (χ1n) is 5.77. The molecule has 1 heterocycles. The SMILES string of the molecule is CC1CCC(C(=O)N2CCNCC2)C1.Cl. The number of carbonyl (C=O) groups is 1. The summed E-state index contributed by atoms with van der Waals surface area (Å²) in [6.07, 6.45) is 3.47. The van der Waals surface area contributed by atoms with Crippen molar-refractivity contribution in [3.05, 3.63) is 0 Å². The molecular weight excluding hydrogens is 212 g/mol. The van der Waals surface area contributed by atoms with E-state index in [1.165, 1.54) is 6.42 Å². The van der Waals surface area contributed by atoms with Gasteiger partial charge in [-0.15, -0.1) is 12.4 Å². The second-order valence-corrected chi connectivity index (χ2v) is 4.69. The van der Waals surface area contributed by atoms with Crippen molar-refractivity contribution in [2.75, 3.05) is 26.2 Å². The summed E-state index contributed by atoms with van der Waals surface area (Å²) in [7, 11) is 0. The van der Waals surface area contributed by atoms with Crippen LogP contribution in [0.3, 0.4) is 0 Å². The third kappa shape index (κ3) is 3.08. The zero-order valence-corrected chi connectivity index (χ0v) is 10.2. The number of carbonyl (C=O) groups excluding carboxylic acids is 1. The lowest BCUT2D eigenvalue weighted by Gasteiger charge is -2.29. The summed E-state index contributed by atoms with van der Waals surface area (Å²) in [5, 5.41) is 3.28. The van der Waals surface area contributed by atoms with Crippen molar-refractivity contribution in [3.8, 4) is 0 Å². The molecule has 2 aliphatic rings. The fourth-order valence-corrected chi connectivity index (χ4v) is 2.57. The van der Waals surface area contributed by atoms with Gasteiger partial charge in [-0.05, 0) is 25.2 Å². The standard InChI is InChI=1S/C11H20N2O.ClH/c1-9-2-3-10(8-9)11(14)13-6-4-12-5-7-13;/h9-10,12H,2-8H2,1H3;1H. The molecule has 0 bridgehead atoms. The van der Waals surface area contributed by atoms with E-state index < -0.39 is 0 Å². The van der Waals surface area contributed by atoms with Crippen molar-refractivity contribution in [2.45, 2.75) is 26.2 Å². The molecule has 0 aromatic carbocycles. The van der Waals surface area contributed by atoms with Gasteiger partial charge < -0.3 is 10.2 Å². The molecule has 1 aliphatic heterocycles. The molecule has 2 unspecified atom stereocenters. The monoisotopic (exact) mass is 232 g/mol. The Morgan fingerprint density at radius 3 is 2.47 bits per heavy atom. The highest BCUT2D eigenvalue weighted by atomic mass is 35.5. The number of piperazine rings is 1. The topological polar surface area (TPSA) is 32.3 Å². The Bertz CT molecular complexity index is 210. The van der Waals surface area contributed by atoms with Gasteiger partial charge in [0, 0.05) is 32.1 Å². The Morgan fingerprint density at radius 2 is 1.93 bits per heavy atom. The van der Waals surface area contributed by atoms with Gasteiger partial charge in [-0.1, -0.05) is 6.92 Å². The Kier molecular flexibility index (Phi) is 4.87. The molecule has 1 saturated carbocycles. The highest BCUT2D eigenvalue weighted by molar-refractivity contribution is 5.85. The van der Waals surface area contributed by atoms with Gasteiger partial charge in [-0.2, -0.15) is 0 Å². The lowest BCUT2D eigenvalue weighted by Crippen LogP contribution is -2.48. The van der Waals surface area contributed by atoms with Crippen LogP contribution in [0.5, 0.6) is 0 Å². The Labute approximate surface area is 98.0 Å². The summed E-state index contributed by atoms with van der Waals surface area (Å²) in [6, 6.07) is 0. The molecule has 1 saturated heterocycles. The zero-order valence-electron chi connectivity index (χ0n) is 9.37. The molecule has 15 heavy (non-hydrogen) atoms. The van der Waals surface area contributed by atoms with Crippen molar-refractivity contribution in [1.82, 2.24) is 10.2 Å². The first-order valence-corrected chi connectivity index (χ1v) is 5.77. The summed E-state index contributed by atoms with van der Waals surface area (Å²) in [6.45, 7) is 6.00. The van der Waals surface area contributed by atoms with Gasteiger partial charge in [0.1, 0.15) is 0 Å². The van der Waals surface area contributed by atoms with Gasteiger partial charge in [0.15, 0.2) is 0 Å². The number of amides is 1. The van der Waals surface area contributed by atoms with E-state index in [0.717, 1.165) is 44.9 Å². The summed E-state index contributed by atoms with van der Waals surface area (Å²) in [5.74, 6) is 1.51. The zero-order chi connectivity index (χ0) is 9.97. The average Bonchev–Trinajstić information content (AvgIpc) is 2.65. The predicted octanol–water partition coefficient (Wildman–Crippen LogP) is 1.28. The molecular formula is C11H21ClN2O. The quantitative estimate of drug-likeness (QED) is 0.739. The van der Waals surface area contributed by atoms with E-state index in [2.05, 4.69) is 12.2 Å². The molecule has 0 aromatic rings. The average molecular weight is 233 g/mol. The molecule has 4 heteroatoms. The first-order chi connectivity index (χ1) is 6.77. The van der Waals surface area contributed by atoms with E-state index in [4.69, 9.17) is 0 Å². The Hall–Kier alpha value is -0.280. The maximum atomic E-state index is 12.0. The van der Waals surface area contributed by atoms with E-state index >= 15 is 0 Å². The lowest BCUT2D eigenvalue weighted by molar-refractivity contribution is -0.136. The molecule has 0 radical (unpaired) electrons. The number of hydrogen-bond donors (Lipinski definition) is 1. The minimum Gasteiger partial charge on any atom is -0.340 e. The van der Waals surface area contributed by atoms with Crippen LogP contribution < -0.4 is 5.32 Å². The Balaban J connectivity index is 0.00000112. The second-order valence-electron chi connectivity index (χ2n) is 4.69. The van der Waals surface area contributed by atoms with Crippen molar-refractivity contribution in [2.24, 2.45) is 11.8 Å². The maximum Gasteiger partial charge on any atom is 0.225 e. The van der Waals surface area contributed by atoms with E-state index in [-0.39, 0.29) is 12.4 Å². The van der Waals surface area contributed by atoms with Crippen molar-refractivity contribution in [3.63, 3.8) is 0 Å². The van der Waals surface area contributed by atoms with Crippen molar-refractivity contribution < 1.29 is 4.79 Å². The molecule has 88 valence electrons. The van der Waals surface area contributed by atoms with Gasteiger partial charge in [0.05, 0.1) is 0 Å². The van der Waals surface area contributed by atoms with Crippen LogP contribution >= 0.6 is 12.4 Å². The predicted molar refractivity (Wildman–Crippen MR) is 63.2 cm³/mol. The molecule has 0 spiro atoms. The molecule has 2 fully saturated rings. The van der Waals surface area contributed by atoms with Gasteiger partial charge in [0.2, 0.25) is 5.91 Å². The van der Waals surface area contributed by atoms with Gasteiger partial charge in [-0.3, -0.25) is 4.79 Å². The van der Waals surface area contributed by atoms with Crippen molar-refractivity contribution in [1.29, 1.82) is 0 Å². The second kappa shape index (κ2) is 5.71. The van der Waals surface area contributed by atoms with Crippen molar-refractivity contribution >= 4 is 18.3 Å². The van der Waals surface area contributed by atoms with Crippen LogP contribution in [-0.4, -0.2) is 37.0 Å². The van der Waals surface area contributed by atoms with E-state index in [1.807, 2.05) is 4.90 Å².